The van der Waals surface area contributed by atoms with Gasteiger partial charge in [-0.05, 0) is 44.6 Å². The van der Waals surface area contributed by atoms with Crippen LogP contribution in [0.25, 0.3) is 0 Å². The molecule has 0 aromatic carbocycles. The topological polar surface area (TPSA) is 140 Å². The van der Waals surface area contributed by atoms with E-state index in [-0.39, 0.29) is 19.7 Å². The molecule has 0 aromatic rings. The fraction of sp³-hybridized carbons (Fsp3) is 0.900. The monoisotopic (exact) mass is 721 g/mol. The third-order valence-corrected chi connectivity index (χ3v) is 10.0. The number of aliphatic hydroxyl groups is 6. The summed E-state index contributed by atoms with van der Waals surface area (Å²) in [5.41, 5.74) is 0.979. The predicted octanol–water partition coefficient (Wildman–Crippen LogP) is 7.90. The first-order valence-electron chi connectivity index (χ1n) is 20.0. The summed E-state index contributed by atoms with van der Waals surface area (Å²) in [4.78, 5) is 0. The Bertz CT molecular complexity index is 844. The normalized spacial score (nSPS) is 23.2. The molecule has 1 saturated heterocycles. The fourth-order valence-corrected chi connectivity index (χ4v) is 6.61. The standard InChI is InChI=1S/C40H74F2O8/c1-3-4-5-6-7-8-9-10-11-16-19-22-25-34(44)36(45)32(30-49-40-39(48)38(47)37(46)35(29-43)50-40)28-33(42)24-21-18-15-13-12-14-17-20-23-31(2)26-27-41/h28,32,34-40,43-48H,2-27,29-30H2,1H3/b33-28+/t32-,34+,35?,36-,37?,38?,39?,40?/m0/s1. The van der Waals surface area contributed by atoms with Crippen molar-refractivity contribution in [2.45, 2.75) is 204 Å². The van der Waals surface area contributed by atoms with Gasteiger partial charge in [0.05, 0.1) is 37.9 Å². The molecule has 5 unspecified atom stereocenters. The number of halogens is 2. The Hall–Kier alpha value is -0.980. The van der Waals surface area contributed by atoms with E-state index in [0.717, 1.165) is 82.6 Å². The van der Waals surface area contributed by atoms with Gasteiger partial charge in [0.15, 0.2) is 6.29 Å². The Labute approximate surface area is 302 Å². The molecule has 0 aromatic heterocycles. The Balaban J connectivity index is 2.53. The summed E-state index contributed by atoms with van der Waals surface area (Å²) in [5.74, 6) is -1.37. The van der Waals surface area contributed by atoms with Gasteiger partial charge in [-0.15, -0.1) is 0 Å². The Kier molecular flexibility index (Phi) is 28.7. The number of hydrogen-bond donors (Lipinski definition) is 6. The first kappa shape index (κ1) is 47.0. The highest BCUT2D eigenvalue weighted by Gasteiger charge is 2.44. The second kappa shape index (κ2) is 30.5. The van der Waals surface area contributed by atoms with Crippen LogP contribution >= 0.6 is 0 Å². The molecular formula is C40H74F2O8. The molecule has 1 aliphatic heterocycles. The van der Waals surface area contributed by atoms with Gasteiger partial charge in [-0.1, -0.05) is 135 Å². The van der Waals surface area contributed by atoms with Crippen LogP contribution in [-0.2, 0) is 9.47 Å². The maximum Gasteiger partial charge on any atom is 0.186 e. The first-order valence-corrected chi connectivity index (χ1v) is 20.0. The summed E-state index contributed by atoms with van der Waals surface area (Å²) >= 11 is 0. The lowest BCUT2D eigenvalue weighted by Gasteiger charge is -2.40. The van der Waals surface area contributed by atoms with Crippen molar-refractivity contribution in [1.29, 1.82) is 0 Å². The minimum atomic E-state index is -1.62. The van der Waals surface area contributed by atoms with Crippen molar-refractivity contribution < 1.29 is 48.9 Å². The Morgan fingerprint density at radius 3 is 1.74 bits per heavy atom. The molecule has 0 aliphatic carbocycles. The SMILES string of the molecule is C=C(CCF)CCCCCCCCCC/C(F)=C\[C@@H](COC1OC(CO)C(O)C(O)C1O)[C@H](O)[C@H](O)CCCCCCCCCCCCCC. The molecule has 8 nitrogen and oxygen atoms in total. The van der Waals surface area contributed by atoms with Gasteiger partial charge < -0.3 is 40.1 Å². The van der Waals surface area contributed by atoms with Crippen LogP contribution in [0.15, 0.2) is 24.1 Å². The fourth-order valence-electron chi connectivity index (χ4n) is 6.61. The summed E-state index contributed by atoms with van der Waals surface area (Å²) in [7, 11) is 0. The largest absolute Gasteiger partial charge is 0.394 e. The lowest BCUT2D eigenvalue weighted by Crippen LogP contribution is -2.59. The van der Waals surface area contributed by atoms with Gasteiger partial charge in [-0.3, -0.25) is 4.39 Å². The van der Waals surface area contributed by atoms with Crippen LogP contribution in [0.5, 0.6) is 0 Å². The van der Waals surface area contributed by atoms with E-state index in [1.165, 1.54) is 57.4 Å². The summed E-state index contributed by atoms with van der Waals surface area (Å²) in [6.45, 7) is 4.86. The second-order valence-electron chi connectivity index (χ2n) is 14.6. The maximum absolute atomic E-state index is 15.1. The molecule has 0 radical (unpaired) electrons. The lowest BCUT2D eigenvalue weighted by atomic mass is 9.93. The zero-order chi connectivity index (χ0) is 37.0. The number of rotatable bonds is 33. The number of allylic oxidation sites excluding steroid dienone is 2. The molecule has 1 heterocycles. The molecular weight excluding hydrogens is 646 g/mol. The van der Waals surface area contributed by atoms with E-state index < -0.39 is 61.3 Å². The van der Waals surface area contributed by atoms with Gasteiger partial charge in [0.25, 0.3) is 0 Å². The third kappa shape index (κ3) is 21.5. The minimum absolute atomic E-state index is 0.189. The van der Waals surface area contributed by atoms with Gasteiger partial charge in [-0.2, -0.15) is 0 Å². The van der Waals surface area contributed by atoms with E-state index in [1.54, 1.807) is 0 Å². The number of alkyl halides is 1. The molecule has 0 spiro atoms. The summed E-state index contributed by atoms with van der Waals surface area (Å²) in [6, 6.07) is 0. The van der Waals surface area contributed by atoms with E-state index >= 15 is 4.39 Å². The minimum Gasteiger partial charge on any atom is -0.394 e. The molecule has 296 valence electrons. The predicted molar refractivity (Wildman–Crippen MR) is 196 cm³/mol. The van der Waals surface area contributed by atoms with Crippen molar-refractivity contribution in [2.75, 3.05) is 19.9 Å². The highest BCUT2D eigenvalue weighted by atomic mass is 19.1. The first-order chi connectivity index (χ1) is 24.2. The highest BCUT2D eigenvalue weighted by molar-refractivity contribution is 5.00. The third-order valence-electron chi connectivity index (χ3n) is 10.0. The molecule has 0 amide bonds. The molecule has 1 rings (SSSR count). The van der Waals surface area contributed by atoms with Crippen molar-refractivity contribution in [3.05, 3.63) is 24.1 Å². The zero-order valence-electron chi connectivity index (χ0n) is 31.3. The second-order valence-corrected chi connectivity index (χ2v) is 14.6. The Morgan fingerprint density at radius 1 is 0.720 bits per heavy atom. The average molecular weight is 721 g/mol. The van der Waals surface area contributed by atoms with Crippen LogP contribution in [0.1, 0.15) is 161 Å². The summed E-state index contributed by atoms with van der Waals surface area (Å²) in [6.07, 6.45) is 15.5. The average Bonchev–Trinajstić information content (AvgIpc) is 3.10. The smallest absolute Gasteiger partial charge is 0.186 e. The molecule has 1 fully saturated rings. The molecule has 1 aliphatic rings. The van der Waals surface area contributed by atoms with E-state index in [9.17, 15) is 35.0 Å². The van der Waals surface area contributed by atoms with Gasteiger partial charge >= 0.3 is 0 Å². The van der Waals surface area contributed by atoms with Gasteiger partial charge in [0.1, 0.15) is 24.4 Å². The van der Waals surface area contributed by atoms with Crippen molar-refractivity contribution in [1.82, 2.24) is 0 Å². The maximum atomic E-state index is 15.1. The molecule has 10 heteroatoms. The lowest BCUT2D eigenvalue weighted by molar-refractivity contribution is -0.303. The summed E-state index contributed by atoms with van der Waals surface area (Å²) in [5, 5.41) is 62.0. The van der Waals surface area contributed by atoms with E-state index in [4.69, 9.17) is 9.47 Å². The van der Waals surface area contributed by atoms with Crippen molar-refractivity contribution in [2.24, 2.45) is 5.92 Å². The summed E-state index contributed by atoms with van der Waals surface area (Å²) < 4.78 is 38.6. The zero-order valence-corrected chi connectivity index (χ0v) is 31.3. The van der Waals surface area contributed by atoms with Crippen LogP contribution in [0, 0.1) is 5.92 Å². The van der Waals surface area contributed by atoms with Crippen LogP contribution in [0.3, 0.4) is 0 Å². The van der Waals surface area contributed by atoms with E-state index in [0.29, 0.717) is 19.3 Å². The number of aliphatic hydroxyl groups excluding tert-OH is 6. The number of ether oxygens (including phenoxy) is 2. The van der Waals surface area contributed by atoms with Crippen LogP contribution < -0.4 is 0 Å². The van der Waals surface area contributed by atoms with E-state index in [1.807, 2.05) is 0 Å². The Morgan fingerprint density at radius 2 is 1.22 bits per heavy atom. The molecule has 0 saturated carbocycles. The van der Waals surface area contributed by atoms with E-state index in [2.05, 4.69) is 13.5 Å². The van der Waals surface area contributed by atoms with Crippen LogP contribution in [0.2, 0.25) is 0 Å². The highest BCUT2D eigenvalue weighted by Crippen LogP contribution is 2.26. The van der Waals surface area contributed by atoms with Crippen molar-refractivity contribution in [3.63, 3.8) is 0 Å². The van der Waals surface area contributed by atoms with Gasteiger partial charge in [0, 0.05) is 5.92 Å². The van der Waals surface area contributed by atoms with Gasteiger partial charge in [0.2, 0.25) is 0 Å². The molecule has 50 heavy (non-hydrogen) atoms. The number of unbranched alkanes of at least 4 members (excludes halogenated alkanes) is 18. The van der Waals surface area contributed by atoms with Crippen molar-refractivity contribution >= 4 is 0 Å². The van der Waals surface area contributed by atoms with Crippen molar-refractivity contribution in [3.8, 4) is 0 Å². The molecule has 8 atom stereocenters. The van der Waals surface area contributed by atoms with Crippen LogP contribution in [0.4, 0.5) is 8.78 Å². The van der Waals surface area contributed by atoms with Crippen LogP contribution in [-0.4, -0.2) is 93.4 Å². The quantitative estimate of drug-likeness (QED) is 0.0297. The number of hydrogen-bond acceptors (Lipinski definition) is 8. The molecule has 0 bridgehead atoms. The molecule has 6 N–H and O–H groups in total. The van der Waals surface area contributed by atoms with Gasteiger partial charge in [-0.25, -0.2) is 4.39 Å².